The molecule has 2 N–H and O–H groups in total. The molecule has 4 heteroatoms. The highest BCUT2D eigenvalue weighted by atomic mass is 15.2. The SMILES string of the molecule is CCc1cc(CN2CC(C)(C)C2)cc(NC2CCNCC2)n1. The van der Waals surface area contributed by atoms with Crippen molar-refractivity contribution in [3.05, 3.63) is 23.4 Å². The highest BCUT2D eigenvalue weighted by Gasteiger charge is 2.33. The first-order valence-corrected chi connectivity index (χ1v) is 8.73. The summed E-state index contributed by atoms with van der Waals surface area (Å²) in [7, 11) is 0. The van der Waals surface area contributed by atoms with Crippen molar-refractivity contribution < 1.29 is 0 Å². The first-order valence-electron chi connectivity index (χ1n) is 8.73. The molecule has 22 heavy (non-hydrogen) atoms. The molecule has 2 aliphatic heterocycles. The third kappa shape index (κ3) is 3.99. The highest BCUT2D eigenvalue weighted by Crippen LogP contribution is 2.30. The molecular formula is C18H30N4. The minimum atomic E-state index is 0.497. The Morgan fingerprint density at radius 1 is 1.27 bits per heavy atom. The Labute approximate surface area is 134 Å². The molecule has 0 aliphatic carbocycles. The van der Waals surface area contributed by atoms with Gasteiger partial charge in [0.2, 0.25) is 0 Å². The lowest BCUT2D eigenvalue weighted by atomic mass is 9.84. The molecule has 3 heterocycles. The van der Waals surface area contributed by atoms with Crippen LogP contribution in [0.2, 0.25) is 0 Å². The molecule has 2 aliphatic rings. The van der Waals surface area contributed by atoms with Crippen LogP contribution in [0.5, 0.6) is 0 Å². The van der Waals surface area contributed by atoms with Gasteiger partial charge in [0.15, 0.2) is 0 Å². The van der Waals surface area contributed by atoms with Gasteiger partial charge in [-0.1, -0.05) is 20.8 Å². The number of hydrogen-bond donors (Lipinski definition) is 2. The molecule has 0 saturated carbocycles. The summed E-state index contributed by atoms with van der Waals surface area (Å²) in [5.41, 5.74) is 3.10. The van der Waals surface area contributed by atoms with Crippen molar-refractivity contribution in [3.63, 3.8) is 0 Å². The van der Waals surface area contributed by atoms with Crippen LogP contribution in [0.1, 0.15) is 44.9 Å². The first-order chi connectivity index (χ1) is 10.5. The number of nitrogens with one attached hydrogen (secondary N) is 2. The molecule has 1 aromatic rings. The van der Waals surface area contributed by atoms with Crippen LogP contribution in [0.3, 0.4) is 0 Å². The van der Waals surface area contributed by atoms with Gasteiger partial charge in [-0.25, -0.2) is 4.98 Å². The van der Waals surface area contributed by atoms with Gasteiger partial charge in [0, 0.05) is 31.4 Å². The topological polar surface area (TPSA) is 40.2 Å². The Balaban J connectivity index is 1.66. The fourth-order valence-electron chi connectivity index (χ4n) is 3.71. The van der Waals surface area contributed by atoms with E-state index in [1.165, 1.54) is 37.2 Å². The molecule has 0 unspecified atom stereocenters. The molecule has 122 valence electrons. The molecule has 2 saturated heterocycles. The van der Waals surface area contributed by atoms with Gasteiger partial charge in [-0.05, 0) is 55.5 Å². The number of rotatable bonds is 5. The van der Waals surface area contributed by atoms with E-state index in [1.807, 2.05) is 0 Å². The van der Waals surface area contributed by atoms with E-state index in [9.17, 15) is 0 Å². The molecule has 3 rings (SSSR count). The summed E-state index contributed by atoms with van der Waals surface area (Å²) >= 11 is 0. The Hall–Kier alpha value is -1.13. The summed E-state index contributed by atoms with van der Waals surface area (Å²) in [6, 6.07) is 5.10. The standard InChI is InChI=1S/C18H30N4/c1-4-15-9-14(11-22-12-18(2,3)13-22)10-17(20-15)21-16-5-7-19-8-6-16/h9-10,16,19H,4-8,11-13H2,1-3H3,(H,20,21). The molecule has 0 atom stereocenters. The molecule has 0 amide bonds. The van der Waals surface area contributed by atoms with Gasteiger partial charge in [0.05, 0.1) is 0 Å². The van der Waals surface area contributed by atoms with Gasteiger partial charge in [0.25, 0.3) is 0 Å². The summed E-state index contributed by atoms with van der Waals surface area (Å²) in [6.45, 7) is 12.6. The Bertz CT molecular complexity index is 498. The number of aromatic nitrogens is 1. The largest absolute Gasteiger partial charge is 0.367 e. The second-order valence-corrected chi connectivity index (χ2v) is 7.68. The fourth-order valence-corrected chi connectivity index (χ4v) is 3.71. The summed E-state index contributed by atoms with van der Waals surface area (Å²) in [5, 5.41) is 7.07. The fraction of sp³-hybridized carbons (Fsp3) is 0.722. The predicted molar refractivity (Wildman–Crippen MR) is 92.2 cm³/mol. The monoisotopic (exact) mass is 302 g/mol. The van der Waals surface area contributed by atoms with E-state index < -0.39 is 0 Å². The van der Waals surface area contributed by atoms with E-state index in [-0.39, 0.29) is 0 Å². The van der Waals surface area contributed by atoms with Crippen molar-refractivity contribution in [2.24, 2.45) is 5.41 Å². The smallest absolute Gasteiger partial charge is 0.126 e. The predicted octanol–water partition coefficient (Wildman–Crippen LogP) is 2.65. The van der Waals surface area contributed by atoms with E-state index in [1.54, 1.807) is 0 Å². The minimum Gasteiger partial charge on any atom is -0.367 e. The van der Waals surface area contributed by atoms with Gasteiger partial charge < -0.3 is 10.6 Å². The van der Waals surface area contributed by atoms with Gasteiger partial charge >= 0.3 is 0 Å². The number of anilines is 1. The molecule has 0 spiro atoms. The zero-order chi connectivity index (χ0) is 15.6. The number of likely N-dealkylation sites (tertiary alicyclic amines) is 1. The van der Waals surface area contributed by atoms with Crippen LogP contribution < -0.4 is 10.6 Å². The lowest BCUT2D eigenvalue weighted by Gasteiger charge is -2.46. The van der Waals surface area contributed by atoms with Crippen molar-refractivity contribution in [2.45, 2.75) is 52.6 Å². The third-order valence-corrected chi connectivity index (χ3v) is 4.70. The zero-order valence-electron chi connectivity index (χ0n) is 14.3. The Morgan fingerprint density at radius 3 is 2.64 bits per heavy atom. The molecule has 0 radical (unpaired) electrons. The van der Waals surface area contributed by atoms with Gasteiger partial charge in [0.1, 0.15) is 5.82 Å². The van der Waals surface area contributed by atoms with E-state index in [4.69, 9.17) is 4.98 Å². The maximum atomic E-state index is 4.78. The summed E-state index contributed by atoms with van der Waals surface area (Å²) < 4.78 is 0. The van der Waals surface area contributed by atoms with Gasteiger partial charge in [-0.2, -0.15) is 0 Å². The number of aryl methyl sites for hydroxylation is 1. The maximum absolute atomic E-state index is 4.78. The van der Waals surface area contributed by atoms with E-state index >= 15 is 0 Å². The Kier molecular flexibility index (Phi) is 4.69. The molecule has 1 aromatic heterocycles. The Morgan fingerprint density at radius 2 is 2.00 bits per heavy atom. The van der Waals surface area contributed by atoms with E-state index in [0.717, 1.165) is 31.9 Å². The van der Waals surface area contributed by atoms with E-state index in [0.29, 0.717) is 11.5 Å². The average Bonchev–Trinajstić information content (AvgIpc) is 2.46. The minimum absolute atomic E-state index is 0.497. The number of pyridine rings is 1. The van der Waals surface area contributed by atoms with Gasteiger partial charge in [-0.15, -0.1) is 0 Å². The highest BCUT2D eigenvalue weighted by molar-refractivity contribution is 5.41. The van der Waals surface area contributed by atoms with Crippen LogP contribution in [-0.2, 0) is 13.0 Å². The quantitative estimate of drug-likeness (QED) is 0.877. The summed E-state index contributed by atoms with van der Waals surface area (Å²) in [5.74, 6) is 1.07. The molecule has 2 fully saturated rings. The lowest BCUT2D eigenvalue weighted by molar-refractivity contribution is 0.0242. The van der Waals surface area contributed by atoms with Gasteiger partial charge in [-0.3, -0.25) is 4.90 Å². The van der Waals surface area contributed by atoms with Crippen molar-refractivity contribution in [2.75, 3.05) is 31.5 Å². The lowest BCUT2D eigenvalue weighted by Crippen LogP contribution is -2.52. The third-order valence-electron chi connectivity index (χ3n) is 4.70. The maximum Gasteiger partial charge on any atom is 0.126 e. The first kappa shape index (κ1) is 15.8. The van der Waals surface area contributed by atoms with Crippen molar-refractivity contribution >= 4 is 5.82 Å². The number of nitrogens with zero attached hydrogens (tertiary/aromatic N) is 2. The average molecular weight is 302 g/mol. The molecule has 0 bridgehead atoms. The molecule has 4 nitrogen and oxygen atoms in total. The van der Waals surface area contributed by atoms with Crippen LogP contribution in [0, 0.1) is 5.41 Å². The molecule has 0 aromatic carbocycles. The van der Waals surface area contributed by atoms with Crippen molar-refractivity contribution in [1.82, 2.24) is 15.2 Å². The normalized spacial score (nSPS) is 22.3. The second-order valence-electron chi connectivity index (χ2n) is 7.68. The number of hydrogen-bond acceptors (Lipinski definition) is 4. The number of piperidine rings is 1. The van der Waals surface area contributed by atoms with Crippen LogP contribution >= 0.6 is 0 Å². The van der Waals surface area contributed by atoms with Crippen LogP contribution in [0.25, 0.3) is 0 Å². The van der Waals surface area contributed by atoms with Crippen molar-refractivity contribution in [1.29, 1.82) is 0 Å². The summed E-state index contributed by atoms with van der Waals surface area (Å²) in [6.07, 6.45) is 3.38. The zero-order valence-corrected chi connectivity index (χ0v) is 14.3. The second kappa shape index (κ2) is 6.55. The molecular weight excluding hydrogens is 272 g/mol. The van der Waals surface area contributed by atoms with Crippen LogP contribution in [0.15, 0.2) is 12.1 Å². The summed E-state index contributed by atoms with van der Waals surface area (Å²) in [4.78, 5) is 7.31. The van der Waals surface area contributed by atoms with Crippen molar-refractivity contribution in [3.8, 4) is 0 Å². The van der Waals surface area contributed by atoms with Crippen LogP contribution in [0.4, 0.5) is 5.82 Å². The van der Waals surface area contributed by atoms with Crippen LogP contribution in [-0.4, -0.2) is 42.1 Å². The van der Waals surface area contributed by atoms with E-state index in [2.05, 4.69) is 48.4 Å².